The van der Waals surface area contributed by atoms with Gasteiger partial charge in [-0.2, -0.15) is 11.8 Å². The van der Waals surface area contributed by atoms with Crippen LogP contribution in [0.1, 0.15) is 5.56 Å². The first kappa shape index (κ1) is 10.7. The van der Waals surface area contributed by atoms with Gasteiger partial charge in [0.25, 0.3) is 0 Å². The van der Waals surface area contributed by atoms with Gasteiger partial charge < -0.3 is 10.1 Å². The van der Waals surface area contributed by atoms with Crippen LogP contribution in [0.4, 0.5) is 0 Å². The molecule has 2 rings (SSSR count). The van der Waals surface area contributed by atoms with E-state index in [9.17, 15) is 5.11 Å². The van der Waals surface area contributed by atoms with E-state index in [2.05, 4.69) is 4.98 Å². The van der Waals surface area contributed by atoms with Crippen molar-refractivity contribution >= 4 is 34.3 Å². The maximum atomic E-state index is 9.31. The van der Waals surface area contributed by atoms with Gasteiger partial charge >= 0.3 is 0 Å². The Bertz CT molecular complexity index is 455. The molecule has 2 nitrogen and oxygen atoms in total. The SMILES string of the molecule is Oc1ccc2c(CSCCCl)c[nH]c2c1. The Balaban J connectivity index is 2.21. The average Bonchev–Trinajstić information content (AvgIpc) is 2.61. The van der Waals surface area contributed by atoms with E-state index in [4.69, 9.17) is 11.6 Å². The summed E-state index contributed by atoms with van der Waals surface area (Å²) in [6.07, 6.45) is 1.99. The van der Waals surface area contributed by atoms with Gasteiger partial charge in [-0.25, -0.2) is 0 Å². The highest BCUT2D eigenvalue weighted by molar-refractivity contribution is 7.98. The summed E-state index contributed by atoms with van der Waals surface area (Å²) in [5.74, 6) is 2.90. The molecule has 0 spiro atoms. The Labute approximate surface area is 97.6 Å². The molecule has 1 heterocycles. The summed E-state index contributed by atoms with van der Waals surface area (Å²) in [6, 6.07) is 5.40. The highest BCUT2D eigenvalue weighted by atomic mass is 35.5. The van der Waals surface area contributed by atoms with E-state index < -0.39 is 0 Å². The predicted molar refractivity (Wildman–Crippen MR) is 66.8 cm³/mol. The first-order valence-corrected chi connectivity index (χ1v) is 6.43. The number of benzene rings is 1. The smallest absolute Gasteiger partial charge is 0.117 e. The third-order valence-electron chi connectivity index (χ3n) is 2.23. The quantitative estimate of drug-likeness (QED) is 0.636. The Morgan fingerprint density at radius 3 is 3.07 bits per heavy atom. The number of hydrogen-bond donors (Lipinski definition) is 2. The number of phenolic OH excluding ortho intramolecular Hbond substituents is 1. The minimum atomic E-state index is 0.296. The highest BCUT2D eigenvalue weighted by Gasteiger charge is 2.03. The first-order chi connectivity index (χ1) is 7.31. The lowest BCUT2D eigenvalue weighted by atomic mass is 10.2. The van der Waals surface area contributed by atoms with Gasteiger partial charge in [0, 0.05) is 40.6 Å². The summed E-state index contributed by atoms with van der Waals surface area (Å²) in [7, 11) is 0. The van der Waals surface area contributed by atoms with Crippen LogP contribution in [0.25, 0.3) is 10.9 Å². The van der Waals surface area contributed by atoms with Crippen LogP contribution in [0.3, 0.4) is 0 Å². The molecule has 0 bridgehead atoms. The molecule has 0 unspecified atom stereocenters. The third kappa shape index (κ3) is 2.41. The van der Waals surface area contributed by atoms with Crippen molar-refractivity contribution in [3.8, 4) is 5.75 Å². The molecule has 0 atom stereocenters. The van der Waals surface area contributed by atoms with E-state index in [1.165, 1.54) is 10.9 Å². The van der Waals surface area contributed by atoms with Crippen LogP contribution in [0.5, 0.6) is 5.75 Å². The molecule has 0 saturated carbocycles. The van der Waals surface area contributed by atoms with Crippen molar-refractivity contribution in [2.24, 2.45) is 0 Å². The summed E-state index contributed by atoms with van der Waals surface area (Å²) < 4.78 is 0. The molecule has 0 fully saturated rings. The predicted octanol–water partition coefficient (Wildman–Crippen LogP) is 3.35. The zero-order valence-corrected chi connectivity index (χ0v) is 9.74. The molecular formula is C11H12ClNOS. The minimum Gasteiger partial charge on any atom is -0.508 e. The van der Waals surface area contributed by atoms with E-state index in [0.29, 0.717) is 11.6 Å². The molecule has 2 N–H and O–H groups in total. The molecule has 0 aliphatic heterocycles. The number of hydrogen-bond acceptors (Lipinski definition) is 2. The lowest BCUT2D eigenvalue weighted by Crippen LogP contribution is -1.82. The number of H-pyrrole nitrogens is 1. The van der Waals surface area contributed by atoms with Gasteiger partial charge in [-0.15, -0.1) is 11.6 Å². The van der Waals surface area contributed by atoms with Gasteiger partial charge in [0.15, 0.2) is 0 Å². The Morgan fingerprint density at radius 1 is 1.40 bits per heavy atom. The number of aromatic nitrogens is 1. The molecule has 2 aromatic rings. The number of nitrogens with one attached hydrogen (secondary N) is 1. The van der Waals surface area contributed by atoms with Crippen molar-refractivity contribution in [3.63, 3.8) is 0 Å². The van der Waals surface area contributed by atoms with Crippen molar-refractivity contribution in [3.05, 3.63) is 30.0 Å². The van der Waals surface area contributed by atoms with Crippen LogP contribution in [0.15, 0.2) is 24.4 Å². The van der Waals surface area contributed by atoms with Crippen LogP contribution in [-0.2, 0) is 5.75 Å². The zero-order chi connectivity index (χ0) is 10.7. The third-order valence-corrected chi connectivity index (χ3v) is 3.65. The molecule has 15 heavy (non-hydrogen) atoms. The Hall–Kier alpha value is -0.800. The van der Waals surface area contributed by atoms with Gasteiger partial charge in [0.05, 0.1) is 0 Å². The number of rotatable bonds is 4. The second kappa shape index (κ2) is 4.81. The molecule has 1 aromatic heterocycles. The maximum absolute atomic E-state index is 9.31. The van der Waals surface area contributed by atoms with Crippen LogP contribution >= 0.6 is 23.4 Å². The summed E-state index contributed by atoms with van der Waals surface area (Å²) >= 11 is 7.43. The monoisotopic (exact) mass is 241 g/mol. The summed E-state index contributed by atoms with van der Waals surface area (Å²) in [5.41, 5.74) is 2.25. The number of fused-ring (bicyclic) bond motifs is 1. The molecule has 0 saturated heterocycles. The molecular weight excluding hydrogens is 230 g/mol. The van der Waals surface area contributed by atoms with Gasteiger partial charge in [-0.3, -0.25) is 0 Å². The zero-order valence-electron chi connectivity index (χ0n) is 8.16. The van der Waals surface area contributed by atoms with Crippen molar-refractivity contribution < 1.29 is 5.11 Å². The average molecular weight is 242 g/mol. The fourth-order valence-electron chi connectivity index (χ4n) is 1.53. The fraction of sp³-hybridized carbons (Fsp3) is 0.273. The standard InChI is InChI=1S/C11H12ClNOS/c12-3-4-15-7-8-6-13-11-5-9(14)1-2-10(8)11/h1-2,5-6,13-14H,3-4,7H2. The van der Waals surface area contributed by atoms with E-state index >= 15 is 0 Å². The van der Waals surface area contributed by atoms with Crippen molar-refractivity contribution in [1.82, 2.24) is 4.98 Å². The number of alkyl halides is 1. The molecule has 4 heteroatoms. The second-order valence-corrected chi connectivity index (χ2v) is 4.77. The van der Waals surface area contributed by atoms with Crippen molar-refractivity contribution in [2.45, 2.75) is 5.75 Å². The Morgan fingerprint density at radius 2 is 2.27 bits per heavy atom. The normalized spacial score (nSPS) is 11.0. The molecule has 0 radical (unpaired) electrons. The maximum Gasteiger partial charge on any atom is 0.117 e. The van der Waals surface area contributed by atoms with Crippen LogP contribution in [0, 0.1) is 0 Å². The molecule has 80 valence electrons. The van der Waals surface area contributed by atoms with Gasteiger partial charge in [-0.05, 0) is 17.7 Å². The molecule has 1 aromatic carbocycles. The largest absolute Gasteiger partial charge is 0.508 e. The summed E-state index contributed by atoms with van der Waals surface area (Å²) in [4.78, 5) is 3.15. The first-order valence-electron chi connectivity index (χ1n) is 4.74. The lowest BCUT2D eigenvalue weighted by molar-refractivity contribution is 0.476. The number of phenols is 1. The van der Waals surface area contributed by atoms with Crippen molar-refractivity contribution in [1.29, 1.82) is 0 Å². The highest BCUT2D eigenvalue weighted by Crippen LogP contribution is 2.25. The van der Waals surface area contributed by atoms with E-state index in [0.717, 1.165) is 17.0 Å². The fourth-order valence-corrected chi connectivity index (χ4v) is 2.57. The summed E-state index contributed by atoms with van der Waals surface area (Å²) in [6.45, 7) is 0. The topological polar surface area (TPSA) is 36.0 Å². The van der Waals surface area contributed by atoms with E-state index in [1.807, 2.05) is 24.0 Å². The van der Waals surface area contributed by atoms with Gasteiger partial charge in [-0.1, -0.05) is 0 Å². The number of thioether (sulfide) groups is 1. The van der Waals surface area contributed by atoms with Gasteiger partial charge in [0.2, 0.25) is 0 Å². The number of aromatic hydroxyl groups is 1. The molecule has 0 aliphatic rings. The minimum absolute atomic E-state index is 0.296. The number of aromatic amines is 1. The van der Waals surface area contributed by atoms with Crippen molar-refractivity contribution in [2.75, 3.05) is 11.6 Å². The molecule has 0 amide bonds. The van der Waals surface area contributed by atoms with Crippen LogP contribution in [-0.4, -0.2) is 21.7 Å². The second-order valence-electron chi connectivity index (χ2n) is 3.29. The Kier molecular flexibility index (Phi) is 3.44. The van der Waals surface area contributed by atoms with E-state index in [1.54, 1.807) is 12.1 Å². The molecule has 0 aliphatic carbocycles. The number of halogens is 1. The van der Waals surface area contributed by atoms with E-state index in [-0.39, 0.29) is 0 Å². The van der Waals surface area contributed by atoms with Crippen LogP contribution in [0.2, 0.25) is 0 Å². The van der Waals surface area contributed by atoms with Gasteiger partial charge in [0.1, 0.15) is 5.75 Å². The lowest BCUT2D eigenvalue weighted by Gasteiger charge is -1.98. The van der Waals surface area contributed by atoms with Crippen LogP contribution < -0.4 is 0 Å². The summed E-state index contributed by atoms with van der Waals surface area (Å²) in [5, 5.41) is 10.5.